The molecule has 0 amide bonds. The number of benzene rings is 1. The van der Waals surface area contributed by atoms with E-state index in [4.69, 9.17) is 16.7 Å². The largest absolute Gasteiger partial charge is 0.474 e. The quantitative estimate of drug-likeness (QED) is 0.701. The molecule has 0 atom stereocenters. The highest BCUT2D eigenvalue weighted by molar-refractivity contribution is 6.30. The Kier molecular flexibility index (Phi) is 4.67. The number of aromatic nitrogens is 5. The van der Waals surface area contributed by atoms with Crippen LogP contribution in [0.4, 0.5) is 0 Å². The standard InChI is InChI=1S/C15H12ClN5O5/c1-2-7-20-13(22)10(11-17-12(14(23)24)26-19-11)18-21(15(20)25)9-5-3-8(16)4-6-9/h3-6H,2,7H2,1H3,(H,23,24). The predicted octanol–water partition coefficient (Wildman–Crippen LogP) is 1.21. The number of carboxylic acids is 1. The average Bonchev–Trinajstić information content (AvgIpc) is 3.10. The zero-order valence-electron chi connectivity index (χ0n) is 13.4. The van der Waals surface area contributed by atoms with Crippen LogP contribution in [0.2, 0.25) is 5.02 Å². The first-order valence-electron chi connectivity index (χ1n) is 7.50. The molecule has 2 aromatic heterocycles. The van der Waals surface area contributed by atoms with Gasteiger partial charge in [-0.25, -0.2) is 9.59 Å². The maximum atomic E-state index is 12.6. The van der Waals surface area contributed by atoms with E-state index >= 15 is 0 Å². The predicted molar refractivity (Wildman–Crippen MR) is 89.6 cm³/mol. The van der Waals surface area contributed by atoms with Crippen molar-refractivity contribution in [1.29, 1.82) is 0 Å². The first kappa shape index (κ1) is 17.5. The summed E-state index contributed by atoms with van der Waals surface area (Å²) in [4.78, 5) is 39.8. The minimum absolute atomic E-state index is 0.143. The molecule has 0 saturated carbocycles. The van der Waals surface area contributed by atoms with Gasteiger partial charge in [-0.1, -0.05) is 23.7 Å². The number of hydrogen-bond donors (Lipinski definition) is 1. The van der Waals surface area contributed by atoms with Crippen LogP contribution in [0.5, 0.6) is 0 Å². The molecule has 0 bridgehead atoms. The maximum absolute atomic E-state index is 12.6. The summed E-state index contributed by atoms with van der Waals surface area (Å²) >= 11 is 5.85. The van der Waals surface area contributed by atoms with Gasteiger partial charge in [-0.3, -0.25) is 9.36 Å². The minimum atomic E-state index is -1.44. The zero-order valence-corrected chi connectivity index (χ0v) is 14.2. The summed E-state index contributed by atoms with van der Waals surface area (Å²) in [5.74, 6) is -2.45. The Hall–Kier alpha value is -3.27. The van der Waals surface area contributed by atoms with Crippen molar-refractivity contribution in [3.63, 3.8) is 0 Å². The third-order valence-electron chi connectivity index (χ3n) is 3.40. The summed E-state index contributed by atoms with van der Waals surface area (Å²) in [6.45, 7) is 1.94. The molecule has 10 nitrogen and oxygen atoms in total. The van der Waals surface area contributed by atoms with Gasteiger partial charge in [0.15, 0.2) is 5.69 Å². The minimum Gasteiger partial charge on any atom is -0.474 e. The molecule has 0 spiro atoms. The molecule has 1 aromatic carbocycles. The summed E-state index contributed by atoms with van der Waals surface area (Å²) in [7, 11) is 0. The van der Waals surface area contributed by atoms with Crippen molar-refractivity contribution in [3.8, 4) is 17.2 Å². The molecule has 3 aromatic rings. The maximum Gasteiger partial charge on any atom is 0.394 e. The zero-order chi connectivity index (χ0) is 18.8. The molecule has 0 saturated heterocycles. The smallest absolute Gasteiger partial charge is 0.394 e. The summed E-state index contributed by atoms with van der Waals surface area (Å²) in [5, 5.41) is 16.8. The van der Waals surface area contributed by atoms with Gasteiger partial charge in [-0.15, -0.1) is 0 Å². The Morgan fingerprint density at radius 3 is 2.54 bits per heavy atom. The number of aromatic carboxylic acids is 1. The number of nitrogens with zero attached hydrogens (tertiary/aromatic N) is 5. The number of rotatable bonds is 5. The second-order valence-corrected chi connectivity index (χ2v) is 5.64. The van der Waals surface area contributed by atoms with Crippen LogP contribution in [-0.2, 0) is 6.54 Å². The summed E-state index contributed by atoms with van der Waals surface area (Å²) in [6.07, 6.45) is 0.520. The highest BCUT2D eigenvalue weighted by atomic mass is 35.5. The van der Waals surface area contributed by atoms with Crippen molar-refractivity contribution in [2.24, 2.45) is 0 Å². The van der Waals surface area contributed by atoms with Crippen LogP contribution < -0.4 is 11.2 Å². The lowest BCUT2D eigenvalue weighted by Gasteiger charge is -2.10. The molecule has 0 unspecified atom stereocenters. The SMILES string of the molecule is CCCn1c(=O)c(-c2noc(C(=O)O)n2)nn(-c2ccc(Cl)cc2)c1=O. The van der Waals surface area contributed by atoms with E-state index in [1.807, 2.05) is 0 Å². The first-order valence-corrected chi connectivity index (χ1v) is 7.87. The Morgan fingerprint density at radius 1 is 1.27 bits per heavy atom. The molecule has 0 aliphatic carbocycles. The van der Waals surface area contributed by atoms with Crippen molar-refractivity contribution in [3.05, 3.63) is 56.0 Å². The molecule has 0 aliphatic heterocycles. The second-order valence-electron chi connectivity index (χ2n) is 5.20. The van der Waals surface area contributed by atoms with Crippen molar-refractivity contribution in [1.82, 2.24) is 24.5 Å². The van der Waals surface area contributed by atoms with E-state index in [2.05, 4.69) is 19.8 Å². The van der Waals surface area contributed by atoms with E-state index in [-0.39, 0.29) is 18.1 Å². The van der Waals surface area contributed by atoms with Crippen LogP contribution in [0.15, 0.2) is 38.4 Å². The van der Waals surface area contributed by atoms with Crippen LogP contribution in [-0.4, -0.2) is 35.6 Å². The number of halogens is 1. The molecule has 2 heterocycles. The molecule has 3 rings (SSSR count). The van der Waals surface area contributed by atoms with Gasteiger partial charge >= 0.3 is 17.5 Å². The van der Waals surface area contributed by atoms with Crippen molar-refractivity contribution in [2.45, 2.75) is 19.9 Å². The van der Waals surface area contributed by atoms with Gasteiger partial charge in [0, 0.05) is 11.6 Å². The lowest BCUT2D eigenvalue weighted by Crippen LogP contribution is -2.41. The molecule has 0 aliphatic rings. The van der Waals surface area contributed by atoms with Crippen LogP contribution >= 0.6 is 11.6 Å². The van der Waals surface area contributed by atoms with E-state index in [1.165, 1.54) is 0 Å². The molecule has 11 heteroatoms. The normalized spacial score (nSPS) is 10.8. The topological polar surface area (TPSA) is 133 Å². The van der Waals surface area contributed by atoms with E-state index in [9.17, 15) is 14.4 Å². The Labute approximate surface area is 150 Å². The van der Waals surface area contributed by atoms with Gasteiger partial charge in [-0.05, 0) is 30.7 Å². The van der Waals surface area contributed by atoms with Gasteiger partial charge in [0.25, 0.3) is 5.56 Å². The Bertz CT molecular complexity index is 1080. The number of hydrogen-bond acceptors (Lipinski definition) is 7. The van der Waals surface area contributed by atoms with Gasteiger partial charge in [0.2, 0.25) is 5.82 Å². The van der Waals surface area contributed by atoms with E-state index < -0.39 is 23.1 Å². The van der Waals surface area contributed by atoms with Gasteiger partial charge < -0.3 is 9.63 Å². The Balaban J connectivity index is 2.27. The van der Waals surface area contributed by atoms with Crippen molar-refractivity contribution in [2.75, 3.05) is 0 Å². The molecule has 1 N–H and O–H groups in total. The molecule has 134 valence electrons. The molecule has 26 heavy (non-hydrogen) atoms. The molecule has 0 radical (unpaired) electrons. The highest BCUT2D eigenvalue weighted by Crippen LogP contribution is 2.13. The van der Waals surface area contributed by atoms with E-state index in [1.54, 1.807) is 31.2 Å². The molecule has 0 fully saturated rings. The van der Waals surface area contributed by atoms with Crippen LogP contribution in [0, 0.1) is 0 Å². The lowest BCUT2D eigenvalue weighted by atomic mass is 10.3. The van der Waals surface area contributed by atoms with E-state index in [0.717, 1.165) is 9.25 Å². The first-order chi connectivity index (χ1) is 12.4. The Morgan fingerprint density at radius 2 is 1.96 bits per heavy atom. The van der Waals surface area contributed by atoms with Crippen LogP contribution in [0.25, 0.3) is 17.2 Å². The van der Waals surface area contributed by atoms with Crippen molar-refractivity contribution < 1.29 is 14.4 Å². The third kappa shape index (κ3) is 3.14. The summed E-state index contributed by atoms with van der Waals surface area (Å²) in [5.41, 5.74) is -1.32. The summed E-state index contributed by atoms with van der Waals surface area (Å²) < 4.78 is 6.55. The van der Waals surface area contributed by atoms with E-state index in [0.29, 0.717) is 17.1 Å². The summed E-state index contributed by atoms with van der Waals surface area (Å²) in [6, 6.07) is 6.24. The molecular weight excluding hydrogens is 366 g/mol. The third-order valence-corrected chi connectivity index (χ3v) is 3.65. The fourth-order valence-electron chi connectivity index (χ4n) is 2.23. The lowest BCUT2D eigenvalue weighted by molar-refractivity contribution is 0.0643. The highest BCUT2D eigenvalue weighted by Gasteiger charge is 2.22. The second kappa shape index (κ2) is 6.92. The number of carboxylic acid groups (broad SMARTS) is 1. The number of carbonyl (C=O) groups is 1. The van der Waals surface area contributed by atoms with Gasteiger partial charge in [-0.2, -0.15) is 14.8 Å². The van der Waals surface area contributed by atoms with Crippen LogP contribution in [0.1, 0.15) is 24.0 Å². The fourth-order valence-corrected chi connectivity index (χ4v) is 2.36. The average molecular weight is 378 g/mol. The van der Waals surface area contributed by atoms with Gasteiger partial charge in [0.1, 0.15) is 0 Å². The van der Waals surface area contributed by atoms with Crippen LogP contribution in [0.3, 0.4) is 0 Å². The monoisotopic (exact) mass is 377 g/mol. The van der Waals surface area contributed by atoms with Gasteiger partial charge in [0.05, 0.1) is 5.69 Å². The molecular formula is C15H12ClN5O5. The van der Waals surface area contributed by atoms with Crippen molar-refractivity contribution >= 4 is 17.6 Å². The fraction of sp³-hybridized carbons (Fsp3) is 0.200.